The van der Waals surface area contributed by atoms with Gasteiger partial charge < -0.3 is 10.4 Å². The van der Waals surface area contributed by atoms with Crippen LogP contribution in [0.5, 0.6) is 0 Å². The van der Waals surface area contributed by atoms with E-state index in [9.17, 15) is 9.59 Å². The number of nitrogens with one attached hydrogen (secondary N) is 1. The second kappa shape index (κ2) is 6.43. The van der Waals surface area contributed by atoms with Crippen LogP contribution in [0.2, 0.25) is 0 Å². The van der Waals surface area contributed by atoms with Crippen LogP contribution >= 0.6 is 0 Å². The van der Waals surface area contributed by atoms with Crippen LogP contribution in [0.25, 0.3) is 5.69 Å². The SMILES string of the molecule is Cc1ccnn1-c1ccc(C(=O)NC(C)C(C)C(=O)O)cc1. The highest BCUT2D eigenvalue weighted by molar-refractivity contribution is 5.94. The number of aryl methyl sites for hydroxylation is 1. The maximum atomic E-state index is 12.1. The first-order chi connectivity index (χ1) is 10.4. The van der Waals surface area contributed by atoms with Crippen LogP contribution in [0.3, 0.4) is 0 Å². The van der Waals surface area contributed by atoms with Gasteiger partial charge in [-0.05, 0) is 51.1 Å². The van der Waals surface area contributed by atoms with E-state index in [1.54, 1.807) is 49.0 Å². The number of rotatable bonds is 5. The Labute approximate surface area is 128 Å². The highest BCUT2D eigenvalue weighted by Crippen LogP contribution is 2.12. The van der Waals surface area contributed by atoms with E-state index >= 15 is 0 Å². The van der Waals surface area contributed by atoms with Crippen LogP contribution in [0.4, 0.5) is 0 Å². The first-order valence-electron chi connectivity index (χ1n) is 7.05. The first kappa shape index (κ1) is 15.8. The van der Waals surface area contributed by atoms with Crippen molar-refractivity contribution in [3.05, 3.63) is 47.8 Å². The number of aromatic nitrogens is 2. The Balaban J connectivity index is 2.09. The third-order valence-corrected chi connectivity index (χ3v) is 3.70. The fraction of sp³-hybridized carbons (Fsp3) is 0.312. The molecule has 116 valence electrons. The summed E-state index contributed by atoms with van der Waals surface area (Å²) in [5, 5.41) is 15.8. The standard InChI is InChI=1S/C16H19N3O3/c1-10-8-9-17-19(10)14-6-4-13(5-7-14)15(20)18-12(3)11(2)16(21)22/h4-9,11-12H,1-3H3,(H,18,20)(H,21,22). The minimum absolute atomic E-state index is 0.288. The number of carbonyl (C=O) groups excluding carboxylic acids is 1. The first-order valence-corrected chi connectivity index (χ1v) is 7.05. The lowest BCUT2D eigenvalue weighted by atomic mass is 10.0. The van der Waals surface area contributed by atoms with Crippen LogP contribution < -0.4 is 5.32 Å². The molecule has 0 saturated heterocycles. The van der Waals surface area contributed by atoms with Gasteiger partial charge in [-0.15, -0.1) is 0 Å². The second-order valence-corrected chi connectivity index (χ2v) is 5.32. The molecule has 22 heavy (non-hydrogen) atoms. The normalized spacial score (nSPS) is 13.4. The molecule has 2 aromatic rings. The number of carboxylic acid groups (broad SMARTS) is 1. The number of benzene rings is 1. The summed E-state index contributed by atoms with van der Waals surface area (Å²) in [5.41, 5.74) is 2.35. The number of hydrogen-bond donors (Lipinski definition) is 2. The van der Waals surface area contributed by atoms with Crippen molar-refractivity contribution in [2.45, 2.75) is 26.8 Å². The van der Waals surface area contributed by atoms with Gasteiger partial charge in [0.1, 0.15) is 0 Å². The van der Waals surface area contributed by atoms with Crippen molar-refractivity contribution >= 4 is 11.9 Å². The van der Waals surface area contributed by atoms with Crippen LogP contribution in [0.15, 0.2) is 36.5 Å². The Morgan fingerprint density at radius 3 is 2.32 bits per heavy atom. The highest BCUT2D eigenvalue weighted by atomic mass is 16.4. The predicted octanol–water partition coefficient (Wildman–Crippen LogP) is 2.02. The molecule has 0 spiro atoms. The van der Waals surface area contributed by atoms with Gasteiger partial charge in [-0.3, -0.25) is 9.59 Å². The maximum Gasteiger partial charge on any atom is 0.308 e. The molecule has 1 heterocycles. The van der Waals surface area contributed by atoms with E-state index in [1.807, 2.05) is 13.0 Å². The Bertz CT molecular complexity index is 676. The van der Waals surface area contributed by atoms with Crippen molar-refractivity contribution in [2.24, 2.45) is 5.92 Å². The predicted molar refractivity (Wildman–Crippen MR) is 82.0 cm³/mol. The maximum absolute atomic E-state index is 12.1. The Hall–Kier alpha value is -2.63. The molecule has 0 fully saturated rings. The van der Waals surface area contributed by atoms with Gasteiger partial charge in [-0.25, -0.2) is 4.68 Å². The molecule has 2 N–H and O–H groups in total. The van der Waals surface area contributed by atoms with Crippen molar-refractivity contribution in [3.63, 3.8) is 0 Å². The third kappa shape index (κ3) is 3.33. The summed E-state index contributed by atoms with van der Waals surface area (Å²) in [4.78, 5) is 23.0. The van der Waals surface area contributed by atoms with Gasteiger partial charge in [0.05, 0.1) is 11.6 Å². The number of hydrogen-bond acceptors (Lipinski definition) is 3. The Morgan fingerprint density at radius 1 is 1.18 bits per heavy atom. The Morgan fingerprint density at radius 2 is 1.82 bits per heavy atom. The van der Waals surface area contributed by atoms with E-state index in [1.165, 1.54) is 0 Å². The summed E-state index contributed by atoms with van der Waals surface area (Å²) >= 11 is 0. The molecule has 0 aliphatic rings. The lowest BCUT2D eigenvalue weighted by Crippen LogP contribution is -2.40. The van der Waals surface area contributed by atoms with Crippen molar-refractivity contribution in [3.8, 4) is 5.69 Å². The van der Waals surface area contributed by atoms with Gasteiger partial charge in [-0.2, -0.15) is 5.10 Å². The molecular weight excluding hydrogens is 282 g/mol. The summed E-state index contributed by atoms with van der Waals surface area (Å²) in [6.07, 6.45) is 1.71. The minimum Gasteiger partial charge on any atom is -0.481 e. The molecule has 2 atom stereocenters. The highest BCUT2D eigenvalue weighted by Gasteiger charge is 2.21. The summed E-state index contributed by atoms with van der Waals surface area (Å²) in [5.74, 6) is -1.86. The zero-order chi connectivity index (χ0) is 16.3. The van der Waals surface area contributed by atoms with Gasteiger partial charge in [0, 0.05) is 23.5 Å². The molecule has 6 heteroatoms. The van der Waals surface area contributed by atoms with Crippen molar-refractivity contribution in [1.29, 1.82) is 0 Å². The average Bonchev–Trinajstić information content (AvgIpc) is 2.92. The Kier molecular flexibility index (Phi) is 4.60. The summed E-state index contributed by atoms with van der Waals surface area (Å²) < 4.78 is 1.77. The van der Waals surface area contributed by atoms with Crippen molar-refractivity contribution in [1.82, 2.24) is 15.1 Å². The van der Waals surface area contributed by atoms with Crippen LogP contribution in [0, 0.1) is 12.8 Å². The van der Waals surface area contributed by atoms with Crippen molar-refractivity contribution < 1.29 is 14.7 Å². The molecule has 6 nitrogen and oxygen atoms in total. The fourth-order valence-corrected chi connectivity index (χ4v) is 2.02. The van der Waals surface area contributed by atoms with Crippen LogP contribution in [-0.4, -0.2) is 32.8 Å². The van der Waals surface area contributed by atoms with E-state index in [0.29, 0.717) is 5.56 Å². The topological polar surface area (TPSA) is 84.2 Å². The smallest absolute Gasteiger partial charge is 0.308 e. The number of nitrogens with zero attached hydrogens (tertiary/aromatic N) is 2. The van der Waals surface area contributed by atoms with E-state index in [0.717, 1.165) is 11.4 Å². The fourth-order valence-electron chi connectivity index (χ4n) is 2.02. The molecule has 2 unspecified atom stereocenters. The monoisotopic (exact) mass is 301 g/mol. The number of carbonyl (C=O) groups is 2. The molecule has 0 radical (unpaired) electrons. The molecule has 0 aliphatic heterocycles. The van der Waals surface area contributed by atoms with E-state index in [4.69, 9.17) is 5.11 Å². The van der Waals surface area contributed by atoms with Gasteiger partial charge in [0.25, 0.3) is 5.91 Å². The van der Waals surface area contributed by atoms with Crippen molar-refractivity contribution in [2.75, 3.05) is 0 Å². The van der Waals surface area contributed by atoms with Gasteiger partial charge in [0.2, 0.25) is 0 Å². The lowest BCUT2D eigenvalue weighted by Gasteiger charge is -2.17. The molecular formula is C16H19N3O3. The third-order valence-electron chi connectivity index (χ3n) is 3.70. The van der Waals surface area contributed by atoms with Gasteiger partial charge in [-0.1, -0.05) is 0 Å². The van der Waals surface area contributed by atoms with Gasteiger partial charge >= 0.3 is 5.97 Å². The number of amides is 1. The summed E-state index contributed by atoms with van der Waals surface area (Å²) in [6, 6.07) is 8.46. The van der Waals surface area contributed by atoms with Gasteiger partial charge in [0.15, 0.2) is 0 Å². The summed E-state index contributed by atoms with van der Waals surface area (Å²) in [7, 11) is 0. The van der Waals surface area contributed by atoms with Crippen LogP contribution in [0.1, 0.15) is 29.9 Å². The lowest BCUT2D eigenvalue weighted by molar-refractivity contribution is -0.141. The molecule has 2 rings (SSSR count). The zero-order valence-electron chi connectivity index (χ0n) is 12.8. The van der Waals surface area contributed by atoms with E-state index in [-0.39, 0.29) is 5.91 Å². The molecule has 1 amide bonds. The zero-order valence-corrected chi connectivity index (χ0v) is 12.8. The molecule has 0 aliphatic carbocycles. The largest absolute Gasteiger partial charge is 0.481 e. The van der Waals surface area contributed by atoms with Crippen LogP contribution in [-0.2, 0) is 4.79 Å². The second-order valence-electron chi connectivity index (χ2n) is 5.32. The molecule has 1 aromatic heterocycles. The average molecular weight is 301 g/mol. The molecule has 1 aromatic carbocycles. The summed E-state index contributed by atoms with van der Waals surface area (Å²) in [6.45, 7) is 5.19. The number of carboxylic acids is 1. The minimum atomic E-state index is -0.933. The number of aliphatic carboxylic acids is 1. The quantitative estimate of drug-likeness (QED) is 0.885. The van der Waals surface area contributed by atoms with E-state index < -0.39 is 17.9 Å². The molecule has 0 saturated carbocycles. The van der Waals surface area contributed by atoms with E-state index in [2.05, 4.69) is 10.4 Å². The molecule has 0 bridgehead atoms.